The quantitative estimate of drug-likeness (QED) is 0.669. The minimum absolute atomic E-state index is 0.0443. The summed E-state index contributed by atoms with van der Waals surface area (Å²) in [5.74, 6) is -0.128. The number of nitrogens with one attached hydrogen (secondary N) is 1. The van der Waals surface area contributed by atoms with Gasteiger partial charge in [-0.25, -0.2) is 4.79 Å². The Labute approximate surface area is 110 Å². The number of urea groups is 1. The first kappa shape index (κ1) is 11.8. The molecule has 1 atom stereocenters. The zero-order chi connectivity index (χ0) is 13.6. The number of aromatic nitrogens is 2. The van der Waals surface area contributed by atoms with Crippen LogP contribution in [0.5, 0.6) is 0 Å². The van der Waals surface area contributed by atoms with Crippen molar-refractivity contribution in [3.63, 3.8) is 0 Å². The first-order valence-electron chi connectivity index (χ1n) is 6.19. The number of hydrogen-bond donors (Lipinski definition) is 2. The van der Waals surface area contributed by atoms with Gasteiger partial charge in [0.15, 0.2) is 0 Å². The zero-order valence-electron chi connectivity index (χ0n) is 10.7. The van der Waals surface area contributed by atoms with Crippen LogP contribution in [0.3, 0.4) is 0 Å². The Morgan fingerprint density at radius 2 is 2.32 bits per heavy atom. The highest BCUT2D eigenvalue weighted by Gasteiger charge is 2.37. The average molecular weight is 264 g/mol. The molecule has 0 saturated carbocycles. The molecule has 1 aromatic rings. The second-order valence-corrected chi connectivity index (χ2v) is 4.86. The molecule has 0 spiro atoms. The second-order valence-electron chi connectivity index (χ2n) is 4.86. The molecule has 3 rings (SSSR count). The lowest BCUT2D eigenvalue weighted by atomic mass is 10.2. The highest BCUT2D eigenvalue weighted by molar-refractivity contribution is 5.97. The molecular weight excluding hydrogens is 248 g/mol. The summed E-state index contributed by atoms with van der Waals surface area (Å²) in [7, 11) is 1.69. The van der Waals surface area contributed by atoms with E-state index in [0.29, 0.717) is 37.6 Å². The van der Waals surface area contributed by atoms with Crippen LogP contribution in [0.4, 0.5) is 10.5 Å². The Hall–Kier alpha value is -2.25. The maximum atomic E-state index is 12.4. The van der Waals surface area contributed by atoms with Gasteiger partial charge in [0.05, 0.1) is 17.9 Å². The molecule has 0 aromatic carbocycles. The maximum absolute atomic E-state index is 12.4. The first-order chi connectivity index (χ1) is 9.08. The van der Waals surface area contributed by atoms with Crippen molar-refractivity contribution in [2.24, 2.45) is 7.05 Å². The van der Waals surface area contributed by atoms with Crippen LogP contribution in [0.15, 0.2) is 6.20 Å². The Kier molecular flexibility index (Phi) is 2.58. The summed E-state index contributed by atoms with van der Waals surface area (Å²) in [5, 5.41) is 6.76. The van der Waals surface area contributed by atoms with Crippen LogP contribution in [0.25, 0.3) is 0 Å². The highest BCUT2D eigenvalue weighted by atomic mass is 16.2. The van der Waals surface area contributed by atoms with Gasteiger partial charge in [-0.1, -0.05) is 0 Å². The molecule has 3 amide bonds. The summed E-state index contributed by atoms with van der Waals surface area (Å²) >= 11 is 0. The van der Waals surface area contributed by atoms with Crippen molar-refractivity contribution in [1.82, 2.24) is 24.9 Å². The van der Waals surface area contributed by atoms with E-state index in [1.807, 2.05) is 0 Å². The van der Waals surface area contributed by atoms with E-state index in [1.54, 1.807) is 16.8 Å². The Morgan fingerprint density at radius 1 is 1.53 bits per heavy atom. The maximum Gasteiger partial charge on any atom is 0.317 e. The molecule has 1 aromatic heterocycles. The van der Waals surface area contributed by atoms with Crippen molar-refractivity contribution in [1.29, 1.82) is 0 Å². The topological polar surface area (TPSA) is 96.5 Å². The molecule has 8 heteroatoms. The lowest BCUT2D eigenvalue weighted by Gasteiger charge is -2.36. The molecule has 2 fully saturated rings. The second kappa shape index (κ2) is 4.15. The third kappa shape index (κ3) is 1.79. The van der Waals surface area contributed by atoms with Crippen molar-refractivity contribution >= 4 is 17.6 Å². The van der Waals surface area contributed by atoms with Crippen LogP contribution in [0.2, 0.25) is 0 Å². The van der Waals surface area contributed by atoms with Crippen LogP contribution >= 0.6 is 0 Å². The van der Waals surface area contributed by atoms with Crippen molar-refractivity contribution < 1.29 is 9.59 Å². The Morgan fingerprint density at radius 3 is 3.00 bits per heavy atom. The van der Waals surface area contributed by atoms with E-state index in [1.165, 1.54) is 10.9 Å². The van der Waals surface area contributed by atoms with Gasteiger partial charge >= 0.3 is 6.03 Å². The summed E-state index contributed by atoms with van der Waals surface area (Å²) in [4.78, 5) is 27.4. The number of nitrogens with two attached hydrogens (primary N) is 1. The van der Waals surface area contributed by atoms with E-state index in [4.69, 9.17) is 5.73 Å². The van der Waals surface area contributed by atoms with Gasteiger partial charge in [0.25, 0.3) is 5.91 Å². The smallest absolute Gasteiger partial charge is 0.317 e. The Bertz CT molecular complexity index is 520. The molecule has 3 heterocycles. The van der Waals surface area contributed by atoms with Crippen molar-refractivity contribution in [3.8, 4) is 0 Å². The van der Waals surface area contributed by atoms with Gasteiger partial charge < -0.3 is 20.9 Å². The number of nitrogen functional groups attached to an aromatic ring is 1. The highest BCUT2D eigenvalue weighted by Crippen LogP contribution is 2.18. The number of nitrogens with zero attached hydrogens (tertiary/aromatic N) is 4. The third-order valence-corrected chi connectivity index (χ3v) is 3.69. The molecule has 2 saturated heterocycles. The van der Waals surface area contributed by atoms with Crippen LogP contribution in [0.1, 0.15) is 10.5 Å². The van der Waals surface area contributed by atoms with Crippen LogP contribution in [-0.2, 0) is 7.05 Å². The van der Waals surface area contributed by atoms with E-state index < -0.39 is 0 Å². The molecule has 1 unspecified atom stereocenters. The van der Waals surface area contributed by atoms with Crippen molar-refractivity contribution in [2.45, 2.75) is 6.04 Å². The van der Waals surface area contributed by atoms with Crippen LogP contribution in [-0.4, -0.2) is 63.7 Å². The third-order valence-electron chi connectivity index (χ3n) is 3.69. The SMILES string of the molecule is Cn1ncc(N)c1C(=O)N1CCN2C(=O)NCC2C1. The first-order valence-corrected chi connectivity index (χ1v) is 6.19. The van der Waals surface area contributed by atoms with Crippen molar-refractivity contribution in [2.75, 3.05) is 31.9 Å². The van der Waals surface area contributed by atoms with Gasteiger partial charge in [0, 0.05) is 33.2 Å². The molecule has 102 valence electrons. The summed E-state index contributed by atoms with van der Waals surface area (Å²) in [6.07, 6.45) is 1.48. The summed E-state index contributed by atoms with van der Waals surface area (Å²) in [6, 6.07) is 0.0109. The fourth-order valence-corrected chi connectivity index (χ4v) is 2.65. The molecule has 2 aliphatic rings. The van der Waals surface area contributed by atoms with E-state index >= 15 is 0 Å². The number of carbonyl (C=O) groups excluding carboxylic acids is 2. The molecular formula is C11H16N6O2. The largest absolute Gasteiger partial charge is 0.396 e. The van der Waals surface area contributed by atoms with Gasteiger partial charge in [-0.15, -0.1) is 0 Å². The molecule has 3 N–H and O–H groups in total. The minimum Gasteiger partial charge on any atom is -0.396 e. The monoisotopic (exact) mass is 264 g/mol. The lowest BCUT2D eigenvalue weighted by molar-refractivity contribution is 0.0607. The van der Waals surface area contributed by atoms with Gasteiger partial charge in [0.1, 0.15) is 5.69 Å². The molecule has 19 heavy (non-hydrogen) atoms. The minimum atomic E-state index is -0.128. The van der Waals surface area contributed by atoms with E-state index in [9.17, 15) is 9.59 Å². The fourth-order valence-electron chi connectivity index (χ4n) is 2.65. The van der Waals surface area contributed by atoms with E-state index in [2.05, 4.69) is 10.4 Å². The van der Waals surface area contributed by atoms with Gasteiger partial charge in [-0.05, 0) is 0 Å². The number of rotatable bonds is 1. The normalized spacial score (nSPS) is 22.4. The molecule has 0 aliphatic carbocycles. The molecule has 2 aliphatic heterocycles. The number of carbonyl (C=O) groups is 2. The summed E-state index contributed by atoms with van der Waals surface area (Å²) in [6.45, 7) is 2.19. The van der Waals surface area contributed by atoms with Crippen molar-refractivity contribution in [3.05, 3.63) is 11.9 Å². The molecule has 0 radical (unpaired) electrons. The number of fused-ring (bicyclic) bond motifs is 1. The zero-order valence-corrected chi connectivity index (χ0v) is 10.7. The number of hydrogen-bond acceptors (Lipinski definition) is 4. The van der Waals surface area contributed by atoms with E-state index in [0.717, 1.165) is 0 Å². The predicted molar refractivity (Wildman–Crippen MR) is 67.4 cm³/mol. The van der Waals surface area contributed by atoms with Crippen LogP contribution < -0.4 is 11.1 Å². The fraction of sp³-hybridized carbons (Fsp3) is 0.545. The average Bonchev–Trinajstić information content (AvgIpc) is 2.93. The standard InChI is InChI=1S/C11H16N6O2/c1-15-9(8(12)5-14-15)10(18)16-2-3-17-7(6-16)4-13-11(17)19/h5,7H,2-4,6,12H2,1H3,(H,13,19). The van der Waals surface area contributed by atoms with Gasteiger partial charge in [-0.2, -0.15) is 5.10 Å². The van der Waals surface area contributed by atoms with Gasteiger partial charge in [0.2, 0.25) is 0 Å². The molecule has 8 nitrogen and oxygen atoms in total. The number of aryl methyl sites for hydroxylation is 1. The number of piperazine rings is 1. The molecule has 0 bridgehead atoms. The number of anilines is 1. The summed E-state index contributed by atoms with van der Waals surface area (Å²) in [5.41, 5.74) is 6.56. The predicted octanol–water partition coefficient (Wildman–Crippen LogP) is -1.15. The lowest BCUT2D eigenvalue weighted by Crippen LogP contribution is -2.54. The summed E-state index contributed by atoms with van der Waals surface area (Å²) < 4.78 is 1.49. The van der Waals surface area contributed by atoms with Crippen LogP contribution in [0, 0.1) is 0 Å². The van der Waals surface area contributed by atoms with Gasteiger partial charge in [-0.3, -0.25) is 9.48 Å². The number of amides is 3. The van der Waals surface area contributed by atoms with E-state index in [-0.39, 0.29) is 18.0 Å². The Balaban J connectivity index is 1.78.